The number of hydrogen-bond donors (Lipinski definition) is 2. The van der Waals surface area contributed by atoms with Gasteiger partial charge in [-0.25, -0.2) is 0 Å². The molecule has 1 aromatic rings. The Bertz CT molecular complexity index is 522. The molecule has 1 rings (SSSR count). The molecule has 6 nitrogen and oxygen atoms in total. The van der Waals surface area contributed by atoms with Crippen molar-refractivity contribution in [2.45, 2.75) is 12.8 Å². The van der Waals surface area contributed by atoms with Crippen LogP contribution in [0.4, 0.5) is 19.0 Å². The number of carbonyl (C=O) groups is 1. The number of ether oxygens (including phenoxy) is 1. The Morgan fingerprint density at radius 2 is 2.22 bits per heavy atom. The zero-order valence-electron chi connectivity index (χ0n) is 8.65. The number of hydrogen-bond acceptors (Lipinski definition) is 5. The first-order valence-corrected chi connectivity index (χ1v) is 4.40. The Morgan fingerprint density at radius 3 is 2.67 bits per heavy atom. The van der Waals surface area contributed by atoms with Gasteiger partial charge in [0.2, 0.25) is 5.88 Å². The fraction of sp³-hybridized carbons (Fsp3) is 0.222. The van der Waals surface area contributed by atoms with Crippen LogP contribution in [0.25, 0.3) is 0 Å². The van der Waals surface area contributed by atoms with Crippen LogP contribution in [-0.4, -0.2) is 22.4 Å². The van der Waals surface area contributed by atoms with Crippen molar-refractivity contribution in [3.8, 4) is 11.9 Å². The van der Waals surface area contributed by atoms with Gasteiger partial charge in [-0.3, -0.25) is 4.79 Å². The van der Waals surface area contributed by atoms with E-state index in [9.17, 15) is 18.0 Å². The molecule has 0 radical (unpaired) electrons. The van der Waals surface area contributed by atoms with Crippen molar-refractivity contribution < 1.29 is 27.8 Å². The van der Waals surface area contributed by atoms with Crippen molar-refractivity contribution in [3.63, 3.8) is 0 Å². The molecule has 1 heterocycles. The number of carboxylic acid groups (broad SMARTS) is 1. The maximum atomic E-state index is 12.0. The van der Waals surface area contributed by atoms with Crippen molar-refractivity contribution in [2.24, 2.45) is 0 Å². The summed E-state index contributed by atoms with van der Waals surface area (Å²) in [7, 11) is 0. The van der Waals surface area contributed by atoms with E-state index in [4.69, 9.17) is 16.1 Å². The largest absolute Gasteiger partial charge is 0.574 e. The van der Waals surface area contributed by atoms with Gasteiger partial charge in [-0.1, -0.05) is 0 Å². The number of anilines is 1. The second kappa shape index (κ2) is 4.79. The molecule has 18 heavy (non-hydrogen) atoms. The van der Waals surface area contributed by atoms with E-state index < -0.39 is 36.0 Å². The van der Waals surface area contributed by atoms with Gasteiger partial charge < -0.3 is 15.6 Å². The topological polar surface area (TPSA) is 109 Å². The fourth-order valence-electron chi connectivity index (χ4n) is 1.12. The molecule has 0 saturated heterocycles. The average molecular weight is 261 g/mol. The zero-order valence-corrected chi connectivity index (χ0v) is 8.65. The van der Waals surface area contributed by atoms with Crippen molar-refractivity contribution >= 4 is 11.8 Å². The molecule has 0 fully saturated rings. The van der Waals surface area contributed by atoms with Crippen LogP contribution >= 0.6 is 0 Å². The van der Waals surface area contributed by atoms with Gasteiger partial charge in [-0.15, -0.1) is 13.2 Å². The molecule has 0 unspecified atom stereocenters. The van der Waals surface area contributed by atoms with E-state index in [1.165, 1.54) is 6.07 Å². The number of rotatable bonds is 3. The second-order valence-corrected chi connectivity index (χ2v) is 3.12. The molecule has 0 aliphatic carbocycles. The van der Waals surface area contributed by atoms with Crippen LogP contribution in [0.2, 0.25) is 0 Å². The summed E-state index contributed by atoms with van der Waals surface area (Å²) >= 11 is 0. The lowest BCUT2D eigenvalue weighted by Crippen LogP contribution is -2.19. The van der Waals surface area contributed by atoms with Gasteiger partial charge in [-0.2, -0.15) is 10.2 Å². The van der Waals surface area contributed by atoms with Crippen LogP contribution in [0, 0.1) is 11.3 Å². The predicted octanol–water partition coefficient (Wildman–Crippen LogP) is 1.06. The Morgan fingerprint density at radius 1 is 1.61 bits per heavy atom. The van der Waals surface area contributed by atoms with Crippen molar-refractivity contribution in [3.05, 3.63) is 17.2 Å². The van der Waals surface area contributed by atoms with Gasteiger partial charge in [0.05, 0.1) is 6.42 Å². The summed E-state index contributed by atoms with van der Waals surface area (Å²) in [6, 6.07) is 2.32. The van der Waals surface area contributed by atoms with Gasteiger partial charge in [0.15, 0.2) is 0 Å². The highest BCUT2D eigenvalue weighted by atomic mass is 19.4. The number of nitriles is 1. The molecule has 0 spiro atoms. The number of alkyl halides is 3. The highest BCUT2D eigenvalue weighted by Crippen LogP contribution is 2.27. The summed E-state index contributed by atoms with van der Waals surface area (Å²) < 4.78 is 39.5. The Labute approximate surface area is 98.4 Å². The molecule has 0 atom stereocenters. The highest BCUT2D eigenvalue weighted by molar-refractivity contribution is 5.72. The smallest absolute Gasteiger partial charge is 0.481 e. The third kappa shape index (κ3) is 3.51. The maximum absolute atomic E-state index is 12.0. The summed E-state index contributed by atoms with van der Waals surface area (Å²) in [5.74, 6) is -2.69. The lowest BCUT2D eigenvalue weighted by molar-refractivity contribution is -0.276. The molecular formula is C9H6F3N3O3. The molecule has 3 N–H and O–H groups in total. The summed E-state index contributed by atoms with van der Waals surface area (Å²) in [5.41, 5.74) is 4.68. The molecule has 0 aliphatic heterocycles. The van der Waals surface area contributed by atoms with Gasteiger partial charge >= 0.3 is 12.3 Å². The Balaban J connectivity index is 3.19. The highest BCUT2D eigenvalue weighted by Gasteiger charge is 2.33. The third-order valence-corrected chi connectivity index (χ3v) is 1.77. The Kier molecular flexibility index (Phi) is 3.61. The summed E-state index contributed by atoms with van der Waals surface area (Å²) in [5, 5.41) is 17.2. The van der Waals surface area contributed by atoms with Gasteiger partial charge in [0.25, 0.3) is 0 Å². The number of aliphatic carboxylic acids is 1. The summed E-state index contributed by atoms with van der Waals surface area (Å²) in [6.07, 6.45) is -5.57. The SMILES string of the molecule is N#Cc1cc(CC(=O)O)c(N)nc1OC(F)(F)F. The van der Waals surface area contributed by atoms with E-state index in [-0.39, 0.29) is 5.56 Å². The molecular weight excluding hydrogens is 255 g/mol. The maximum Gasteiger partial charge on any atom is 0.574 e. The van der Waals surface area contributed by atoms with Crippen molar-refractivity contribution in [1.29, 1.82) is 5.26 Å². The van der Waals surface area contributed by atoms with Crippen molar-refractivity contribution in [1.82, 2.24) is 4.98 Å². The molecule has 0 aromatic carbocycles. The normalized spacial score (nSPS) is 10.8. The first-order chi connectivity index (χ1) is 8.23. The molecule has 96 valence electrons. The van der Waals surface area contributed by atoms with Crippen LogP contribution in [-0.2, 0) is 11.2 Å². The average Bonchev–Trinajstić information content (AvgIpc) is 2.19. The van der Waals surface area contributed by atoms with E-state index in [1.54, 1.807) is 0 Å². The summed E-state index contributed by atoms with van der Waals surface area (Å²) in [6.45, 7) is 0. The number of carboxylic acids is 1. The number of nitrogen functional groups attached to an aromatic ring is 1. The first kappa shape index (κ1) is 13.6. The first-order valence-electron chi connectivity index (χ1n) is 4.40. The van der Waals surface area contributed by atoms with Gasteiger partial charge in [0, 0.05) is 5.56 Å². The molecule has 0 saturated carbocycles. The number of pyridine rings is 1. The number of nitrogens with zero attached hydrogens (tertiary/aromatic N) is 2. The van der Waals surface area contributed by atoms with E-state index in [1.807, 2.05) is 0 Å². The Hall–Kier alpha value is -2.50. The minimum atomic E-state index is -5.01. The fourth-order valence-corrected chi connectivity index (χ4v) is 1.12. The van der Waals surface area contributed by atoms with E-state index in [0.717, 1.165) is 6.07 Å². The van der Waals surface area contributed by atoms with Crippen LogP contribution in [0.1, 0.15) is 11.1 Å². The van der Waals surface area contributed by atoms with E-state index in [0.29, 0.717) is 0 Å². The second-order valence-electron chi connectivity index (χ2n) is 3.12. The molecule has 1 aromatic heterocycles. The lowest BCUT2D eigenvalue weighted by atomic mass is 10.1. The summed E-state index contributed by atoms with van der Waals surface area (Å²) in [4.78, 5) is 13.7. The molecule has 0 bridgehead atoms. The van der Waals surface area contributed by atoms with Crippen LogP contribution in [0.15, 0.2) is 6.07 Å². The zero-order chi connectivity index (χ0) is 13.9. The standard InChI is InChI=1S/C9H6F3N3O3/c10-9(11,12)18-8-5(3-13)1-4(2-6(16)17)7(14)15-8/h1H,2H2,(H2,14,15)(H,16,17). The third-order valence-electron chi connectivity index (χ3n) is 1.77. The number of nitrogens with two attached hydrogens (primary N) is 1. The van der Waals surface area contributed by atoms with Gasteiger partial charge in [-0.05, 0) is 6.07 Å². The minimum absolute atomic E-state index is 0.0615. The monoisotopic (exact) mass is 261 g/mol. The van der Waals surface area contributed by atoms with E-state index in [2.05, 4.69) is 9.72 Å². The van der Waals surface area contributed by atoms with Crippen LogP contribution in [0.5, 0.6) is 5.88 Å². The van der Waals surface area contributed by atoms with E-state index >= 15 is 0 Å². The van der Waals surface area contributed by atoms with Crippen molar-refractivity contribution in [2.75, 3.05) is 5.73 Å². The predicted molar refractivity (Wildman–Crippen MR) is 51.4 cm³/mol. The molecule has 0 aliphatic rings. The van der Waals surface area contributed by atoms with Crippen LogP contribution in [0.3, 0.4) is 0 Å². The van der Waals surface area contributed by atoms with Gasteiger partial charge in [0.1, 0.15) is 17.5 Å². The molecule has 9 heteroatoms. The number of aromatic nitrogens is 1. The quantitative estimate of drug-likeness (QED) is 0.841. The number of halogens is 3. The lowest BCUT2D eigenvalue weighted by Gasteiger charge is -2.11. The molecule has 0 amide bonds. The minimum Gasteiger partial charge on any atom is -0.481 e. The van der Waals surface area contributed by atoms with Crippen LogP contribution < -0.4 is 10.5 Å².